The Morgan fingerprint density at radius 2 is 2.06 bits per heavy atom. The van der Waals surface area contributed by atoms with Crippen molar-refractivity contribution in [2.45, 2.75) is 77.8 Å². The van der Waals surface area contributed by atoms with Gasteiger partial charge in [-0.3, -0.25) is 14.2 Å². The number of nitrogens with one attached hydrogen (secondary N) is 2. The SMILES string of the molecule is CC1CCCC(NC(=O)c2ccc3c(=O)n(CCC4=CCCCC4)c(=S)[nH]c3c2)C1C. The highest BCUT2D eigenvalue weighted by Crippen LogP contribution is 2.29. The molecule has 1 amide bonds. The zero-order valence-electron chi connectivity index (χ0n) is 18.6. The number of amides is 1. The Hall–Kier alpha value is -2.21. The summed E-state index contributed by atoms with van der Waals surface area (Å²) in [6, 6.07) is 5.46. The van der Waals surface area contributed by atoms with Gasteiger partial charge in [0.1, 0.15) is 0 Å². The van der Waals surface area contributed by atoms with E-state index in [0.29, 0.717) is 39.6 Å². The van der Waals surface area contributed by atoms with Gasteiger partial charge in [-0.15, -0.1) is 0 Å². The van der Waals surface area contributed by atoms with E-state index in [1.807, 2.05) is 0 Å². The maximum atomic E-state index is 13.1. The van der Waals surface area contributed by atoms with Crippen LogP contribution < -0.4 is 10.9 Å². The number of benzene rings is 1. The van der Waals surface area contributed by atoms with Crippen LogP contribution in [0.15, 0.2) is 34.6 Å². The minimum atomic E-state index is -0.0863. The summed E-state index contributed by atoms with van der Waals surface area (Å²) in [7, 11) is 0. The molecule has 31 heavy (non-hydrogen) atoms. The number of aromatic amines is 1. The Kier molecular flexibility index (Phi) is 6.75. The van der Waals surface area contributed by atoms with Gasteiger partial charge in [-0.1, -0.05) is 38.3 Å². The molecule has 1 aromatic heterocycles. The van der Waals surface area contributed by atoms with Crippen LogP contribution in [-0.4, -0.2) is 21.5 Å². The van der Waals surface area contributed by atoms with Gasteiger partial charge in [0.2, 0.25) is 0 Å². The molecule has 6 heteroatoms. The Morgan fingerprint density at radius 3 is 2.84 bits per heavy atom. The molecule has 2 aliphatic rings. The highest BCUT2D eigenvalue weighted by atomic mass is 32.1. The van der Waals surface area contributed by atoms with Gasteiger partial charge in [-0.2, -0.15) is 0 Å². The third kappa shape index (κ3) is 4.84. The average molecular weight is 440 g/mol. The van der Waals surface area contributed by atoms with Crippen molar-refractivity contribution >= 4 is 29.0 Å². The number of carbonyl (C=O) groups is 1. The van der Waals surface area contributed by atoms with Crippen molar-refractivity contribution in [1.29, 1.82) is 0 Å². The van der Waals surface area contributed by atoms with Crippen molar-refractivity contribution in [2.24, 2.45) is 11.8 Å². The lowest BCUT2D eigenvalue weighted by molar-refractivity contribution is 0.0891. The van der Waals surface area contributed by atoms with Crippen molar-refractivity contribution in [3.8, 4) is 0 Å². The number of hydrogen-bond acceptors (Lipinski definition) is 3. The number of fused-ring (bicyclic) bond motifs is 1. The molecular formula is C25H33N3O2S. The molecule has 2 aliphatic carbocycles. The molecule has 1 saturated carbocycles. The maximum absolute atomic E-state index is 13.1. The van der Waals surface area contributed by atoms with Crippen molar-refractivity contribution < 1.29 is 4.79 Å². The van der Waals surface area contributed by atoms with Crippen LogP contribution in [0.1, 0.15) is 75.6 Å². The second-order valence-electron chi connectivity index (χ2n) is 9.35. The Balaban J connectivity index is 1.54. The molecule has 2 aromatic rings. The lowest BCUT2D eigenvalue weighted by Gasteiger charge is -2.34. The fraction of sp³-hybridized carbons (Fsp3) is 0.560. The molecule has 4 rings (SSSR count). The van der Waals surface area contributed by atoms with Crippen molar-refractivity contribution in [3.63, 3.8) is 0 Å². The van der Waals surface area contributed by atoms with E-state index in [1.54, 1.807) is 22.8 Å². The van der Waals surface area contributed by atoms with Gasteiger partial charge in [0, 0.05) is 18.2 Å². The third-order valence-electron chi connectivity index (χ3n) is 7.31. The maximum Gasteiger partial charge on any atom is 0.262 e. The predicted octanol–water partition coefficient (Wildman–Crippen LogP) is 5.50. The molecule has 0 aliphatic heterocycles. The van der Waals surface area contributed by atoms with E-state index in [4.69, 9.17) is 12.2 Å². The smallest absolute Gasteiger partial charge is 0.262 e. The van der Waals surface area contributed by atoms with Crippen LogP contribution in [0.3, 0.4) is 0 Å². The van der Waals surface area contributed by atoms with Crippen LogP contribution in [-0.2, 0) is 6.54 Å². The second-order valence-corrected chi connectivity index (χ2v) is 9.74. The Morgan fingerprint density at radius 1 is 1.23 bits per heavy atom. The molecular weight excluding hydrogens is 406 g/mol. The first-order valence-corrected chi connectivity index (χ1v) is 12.1. The first kappa shape index (κ1) is 22.0. The summed E-state index contributed by atoms with van der Waals surface area (Å²) in [5.41, 5.74) is 2.52. The molecule has 0 saturated heterocycles. The van der Waals surface area contributed by atoms with E-state index in [-0.39, 0.29) is 17.5 Å². The van der Waals surface area contributed by atoms with Crippen molar-refractivity contribution in [2.75, 3.05) is 0 Å². The zero-order chi connectivity index (χ0) is 22.0. The number of H-pyrrole nitrogens is 1. The van der Waals surface area contributed by atoms with Crippen LogP contribution in [0, 0.1) is 16.6 Å². The largest absolute Gasteiger partial charge is 0.349 e. The number of allylic oxidation sites excluding steroid dienone is 2. The average Bonchev–Trinajstić information content (AvgIpc) is 2.77. The summed E-state index contributed by atoms with van der Waals surface area (Å²) in [5.74, 6) is 1.01. The summed E-state index contributed by atoms with van der Waals surface area (Å²) in [6.45, 7) is 5.07. The lowest BCUT2D eigenvalue weighted by atomic mass is 9.78. The predicted molar refractivity (Wildman–Crippen MR) is 128 cm³/mol. The monoisotopic (exact) mass is 439 g/mol. The van der Waals surface area contributed by atoms with Gasteiger partial charge in [-0.05, 0) is 80.8 Å². The highest BCUT2D eigenvalue weighted by Gasteiger charge is 2.28. The van der Waals surface area contributed by atoms with Gasteiger partial charge in [0.25, 0.3) is 11.5 Å². The summed E-state index contributed by atoms with van der Waals surface area (Å²) in [4.78, 5) is 29.1. The third-order valence-corrected chi connectivity index (χ3v) is 7.63. The van der Waals surface area contributed by atoms with E-state index in [2.05, 4.69) is 30.2 Å². The zero-order valence-corrected chi connectivity index (χ0v) is 19.4. The van der Waals surface area contributed by atoms with Crippen LogP contribution in [0.5, 0.6) is 0 Å². The molecule has 0 bridgehead atoms. The number of hydrogen-bond donors (Lipinski definition) is 2. The van der Waals surface area contributed by atoms with E-state index in [1.165, 1.54) is 24.8 Å². The van der Waals surface area contributed by atoms with Crippen LogP contribution in [0.2, 0.25) is 0 Å². The highest BCUT2D eigenvalue weighted by molar-refractivity contribution is 7.71. The summed E-state index contributed by atoms with van der Waals surface area (Å²) in [6.07, 6.45) is 11.3. The number of nitrogens with zero attached hydrogens (tertiary/aromatic N) is 1. The van der Waals surface area contributed by atoms with Crippen molar-refractivity contribution in [1.82, 2.24) is 14.9 Å². The fourth-order valence-electron chi connectivity index (χ4n) is 5.02. The number of rotatable bonds is 5. The van der Waals surface area contributed by atoms with Crippen LogP contribution >= 0.6 is 12.2 Å². The Labute approximate surface area is 188 Å². The molecule has 3 atom stereocenters. The standard InChI is InChI=1S/C25H33N3O2S/c1-16-7-6-10-21(17(16)2)26-23(29)19-11-12-20-22(15-19)27-25(31)28(24(20)30)14-13-18-8-4-3-5-9-18/h8,11-12,15-17,21H,3-7,9-10,13-14H2,1-2H3,(H,26,29)(H,27,31). The van der Waals surface area contributed by atoms with Gasteiger partial charge in [-0.25, -0.2) is 0 Å². The van der Waals surface area contributed by atoms with Crippen molar-refractivity contribution in [3.05, 3.63) is 50.5 Å². The van der Waals surface area contributed by atoms with Gasteiger partial charge >= 0.3 is 0 Å². The first-order valence-electron chi connectivity index (χ1n) is 11.7. The van der Waals surface area contributed by atoms with E-state index >= 15 is 0 Å². The second kappa shape index (κ2) is 9.51. The summed E-state index contributed by atoms with van der Waals surface area (Å²) < 4.78 is 2.07. The van der Waals surface area contributed by atoms with Gasteiger partial charge < -0.3 is 10.3 Å². The molecule has 0 radical (unpaired) electrons. The molecule has 1 aromatic carbocycles. The van der Waals surface area contributed by atoms with E-state index < -0.39 is 0 Å². The molecule has 1 heterocycles. The van der Waals surface area contributed by atoms with Gasteiger partial charge in [0.15, 0.2) is 4.77 Å². The molecule has 166 valence electrons. The number of carbonyl (C=O) groups excluding carboxylic acids is 1. The fourth-order valence-corrected chi connectivity index (χ4v) is 5.31. The normalized spacial score (nSPS) is 24.1. The molecule has 2 N–H and O–H groups in total. The minimum absolute atomic E-state index is 0.0828. The summed E-state index contributed by atoms with van der Waals surface area (Å²) >= 11 is 5.49. The number of aromatic nitrogens is 2. The summed E-state index contributed by atoms with van der Waals surface area (Å²) in [5, 5.41) is 3.78. The molecule has 3 unspecified atom stereocenters. The van der Waals surface area contributed by atoms with Crippen LogP contribution in [0.25, 0.3) is 10.9 Å². The van der Waals surface area contributed by atoms with E-state index in [9.17, 15) is 9.59 Å². The quantitative estimate of drug-likeness (QED) is 0.477. The first-order chi connectivity index (χ1) is 14.9. The lowest BCUT2D eigenvalue weighted by Crippen LogP contribution is -2.43. The topological polar surface area (TPSA) is 66.9 Å². The van der Waals surface area contributed by atoms with Crippen LogP contribution in [0.4, 0.5) is 0 Å². The molecule has 5 nitrogen and oxygen atoms in total. The molecule has 1 fully saturated rings. The Bertz CT molecular complexity index is 1110. The molecule has 0 spiro atoms. The minimum Gasteiger partial charge on any atom is -0.349 e. The van der Waals surface area contributed by atoms with E-state index in [0.717, 1.165) is 32.1 Å². The van der Waals surface area contributed by atoms with Gasteiger partial charge in [0.05, 0.1) is 10.9 Å².